The summed E-state index contributed by atoms with van der Waals surface area (Å²) >= 11 is 3.61. The summed E-state index contributed by atoms with van der Waals surface area (Å²) in [6.45, 7) is 2.96. The Balaban J connectivity index is 2.20. The molecule has 0 radical (unpaired) electrons. The Kier molecular flexibility index (Phi) is 6.49. The van der Waals surface area contributed by atoms with Crippen LogP contribution in [0, 0.1) is 11.3 Å². The smallest absolute Gasteiger partial charge is 0.0963 e. The molecular weight excluding hydrogens is 224 g/mol. The molecule has 0 bridgehead atoms. The van der Waals surface area contributed by atoms with E-state index in [4.69, 9.17) is 5.26 Å². The van der Waals surface area contributed by atoms with Crippen molar-refractivity contribution < 1.29 is 0 Å². The molecule has 0 aliphatic carbocycles. The molecule has 0 fully saturated rings. The lowest BCUT2D eigenvalue weighted by molar-refractivity contribution is 0.594. The zero-order valence-corrected chi connectivity index (χ0v) is 10.5. The van der Waals surface area contributed by atoms with Gasteiger partial charge in [0.1, 0.15) is 0 Å². The molecule has 1 rings (SSSR count). The Morgan fingerprint density at radius 2 is 2.53 bits per heavy atom. The molecule has 1 aromatic rings. The SMILES string of the molecule is CCSCCC(C#N)NCc1cccs1. The van der Waals surface area contributed by atoms with E-state index in [0.717, 1.165) is 24.5 Å². The van der Waals surface area contributed by atoms with Gasteiger partial charge in [-0.05, 0) is 29.4 Å². The average molecular weight is 240 g/mol. The maximum Gasteiger partial charge on any atom is 0.0963 e. The molecule has 1 atom stereocenters. The predicted molar refractivity (Wildman–Crippen MR) is 68.2 cm³/mol. The van der Waals surface area contributed by atoms with Crippen LogP contribution in [0.3, 0.4) is 0 Å². The maximum absolute atomic E-state index is 8.94. The van der Waals surface area contributed by atoms with Crippen molar-refractivity contribution in [1.29, 1.82) is 5.26 Å². The third-order valence-electron chi connectivity index (χ3n) is 2.01. The Labute approximate surface area is 99.7 Å². The van der Waals surface area contributed by atoms with E-state index in [1.807, 2.05) is 17.8 Å². The van der Waals surface area contributed by atoms with Gasteiger partial charge in [-0.2, -0.15) is 17.0 Å². The highest BCUT2D eigenvalue weighted by atomic mass is 32.2. The number of thiophene rings is 1. The fourth-order valence-electron chi connectivity index (χ4n) is 1.19. The molecule has 1 heterocycles. The van der Waals surface area contributed by atoms with Crippen molar-refractivity contribution in [3.8, 4) is 6.07 Å². The fourth-order valence-corrected chi connectivity index (χ4v) is 2.54. The van der Waals surface area contributed by atoms with Crippen LogP contribution >= 0.6 is 23.1 Å². The molecular formula is C11H16N2S2. The molecule has 82 valence electrons. The van der Waals surface area contributed by atoms with Crippen molar-refractivity contribution in [2.75, 3.05) is 11.5 Å². The van der Waals surface area contributed by atoms with Gasteiger partial charge in [0.05, 0.1) is 12.1 Å². The van der Waals surface area contributed by atoms with Crippen LogP contribution < -0.4 is 5.32 Å². The van der Waals surface area contributed by atoms with E-state index in [2.05, 4.69) is 29.8 Å². The average Bonchev–Trinajstić information content (AvgIpc) is 2.76. The fraction of sp³-hybridized carbons (Fsp3) is 0.545. The van der Waals surface area contributed by atoms with Crippen molar-refractivity contribution in [2.45, 2.75) is 25.9 Å². The molecule has 1 unspecified atom stereocenters. The number of nitriles is 1. The normalized spacial score (nSPS) is 12.3. The summed E-state index contributed by atoms with van der Waals surface area (Å²) in [5, 5.41) is 14.3. The molecule has 0 saturated heterocycles. The van der Waals surface area contributed by atoms with E-state index in [0.29, 0.717) is 0 Å². The van der Waals surface area contributed by atoms with Gasteiger partial charge in [-0.25, -0.2) is 0 Å². The number of rotatable bonds is 7. The van der Waals surface area contributed by atoms with E-state index in [1.165, 1.54) is 4.88 Å². The molecule has 0 saturated carbocycles. The van der Waals surface area contributed by atoms with Gasteiger partial charge in [-0.3, -0.25) is 5.32 Å². The second-order valence-corrected chi connectivity index (χ2v) is 5.55. The van der Waals surface area contributed by atoms with Crippen LogP contribution in [0.1, 0.15) is 18.2 Å². The number of hydrogen-bond acceptors (Lipinski definition) is 4. The number of thioether (sulfide) groups is 1. The van der Waals surface area contributed by atoms with Crippen molar-refractivity contribution in [3.05, 3.63) is 22.4 Å². The molecule has 4 heteroatoms. The van der Waals surface area contributed by atoms with Gasteiger partial charge in [-0.15, -0.1) is 11.3 Å². The molecule has 1 aromatic heterocycles. The lowest BCUT2D eigenvalue weighted by atomic mass is 10.2. The van der Waals surface area contributed by atoms with Gasteiger partial charge in [0.25, 0.3) is 0 Å². The van der Waals surface area contributed by atoms with Crippen molar-refractivity contribution in [2.24, 2.45) is 0 Å². The second-order valence-electron chi connectivity index (χ2n) is 3.13. The highest BCUT2D eigenvalue weighted by Gasteiger charge is 2.06. The molecule has 0 aliphatic rings. The molecule has 0 aliphatic heterocycles. The van der Waals surface area contributed by atoms with Crippen LogP contribution in [-0.2, 0) is 6.54 Å². The van der Waals surface area contributed by atoms with Crippen LogP contribution in [0.4, 0.5) is 0 Å². The van der Waals surface area contributed by atoms with Crippen molar-refractivity contribution in [3.63, 3.8) is 0 Å². The molecule has 15 heavy (non-hydrogen) atoms. The number of nitrogens with one attached hydrogen (secondary N) is 1. The minimum Gasteiger partial charge on any atom is -0.297 e. The topological polar surface area (TPSA) is 35.8 Å². The first-order chi connectivity index (χ1) is 7.36. The lowest BCUT2D eigenvalue weighted by Gasteiger charge is -2.09. The minimum absolute atomic E-state index is 0.00819. The molecule has 2 nitrogen and oxygen atoms in total. The van der Waals surface area contributed by atoms with Crippen molar-refractivity contribution >= 4 is 23.1 Å². The Morgan fingerprint density at radius 1 is 1.67 bits per heavy atom. The van der Waals surface area contributed by atoms with Gasteiger partial charge < -0.3 is 0 Å². The van der Waals surface area contributed by atoms with Crippen LogP contribution in [0.2, 0.25) is 0 Å². The van der Waals surface area contributed by atoms with E-state index in [9.17, 15) is 0 Å². The Morgan fingerprint density at radius 3 is 3.13 bits per heavy atom. The largest absolute Gasteiger partial charge is 0.297 e. The van der Waals surface area contributed by atoms with Gasteiger partial charge in [0, 0.05) is 11.4 Å². The summed E-state index contributed by atoms with van der Waals surface area (Å²) in [6, 6.07) is 6.42. The van der Waals surface area contributed by atoms with E-state index in [-0.39, 0.29) is 6.04 Å². The predicted octanol–water partition coefficient (Wildman–Crippen LogP) is 2.87. The summed E-state index contributed by atoms with van der Waals surface area (Å²) < 4.78 is 0. The Hall–Kier alpha value is -0.500. The first-order valence-electron chi connectivity index (χ1n) is 5.10. The molecule has 1 N–H and O–H groups in total. The standard InChI is InChI=1S/C11H16N2S2/c1-2-14-7-5-10(8-12)13-9-11-4-3-6-15-11/h3-4,6,10,13H,2,5,7,9H2,1H3. The summed E-state index contributed by atoms with van der Waals surface area (Å²) in [5.41, 5.74) is 0. The Bertz CT molecular complexity index is 290. The van der Waals surface area contributed by atoms with E-state index >= 15 is 0 Å². The van der Waals surface area contributed by atoms with Crippen LogP contribution in [0.15, 0.2) is 17.5 Å². The van der Waals surface area contributed by atoms with Gasteiger partial charge in [0.2, 0.25) is 0 Å². The van der Waals surface area contributed by atoms with Crippen LogP contribution in [0.25, 0.3) is 0 Å². The maximum atomic E-state index is 8.94. The van der Waals surface area contributed by atoms with E-state index < -0.39 is 0 Å². The number of hydrogen-bond donors (Lipinski definition) is 1. The lowest BCUT2D eigenvalue weighted by Crippen LogP contribution is -2.27. The van der Waals surface area contributed by atoms with Crippen LogP contribution in [0.5, 0.6) is 0 Å². The summed E-state index contributed by atoms with van der Waals surface area (Å²) in [7, 11) is 0. The molecule has 0 amide bonds. The summed E-state index contributed by atoms with van der Waals surface area (Å²) in [6.07, 6.45) is 0.931. The molecule has 0 aromatic carbocycles. The minimum atomic E-state index is -0.00819. The summed E-state index contributed by atoms with van der Waals surface area (Å²) in [5.74, 6) is 2.19. The third kappa shape index (κ3) is 5.22. The first kappa shape index (κ1) is 12.6. The van der Waals surface area contributed by atoms with Gasteiger partial charge in [0.15, 0.2) is 0 Å². The molecule has 0 spiro atoms. The van der Waals surface area contributed by atoms with Crippen LogP contribution in [-0.4, -0.2) is 17.5 Å². The van der Waals surface area contributed by atoms with Crippen molar-refractivity contribution in [1.82, 2.24) is 5.32 Å². The second kappa shape index (κ2) is 7.75. The number of nitrogens with zero attached hydrogens (tertiary/aromatic N) is 1. The van der Waals surface area contributed by atoms with Gasteiger partial charge >= 0.3 is 0 Å². The highest BCUT2D eigenvalue weighted by Crippen LogP contribution is 2.09. The van der Waals surface area contributed by atoms with Gasteiger partial charge in [-0.1, -0.05) is 13.0 Å². The quantitative estimate of drug-likeness (QED) is 0.744. The third-order valence-corrected chi connectivity index (χ3v) is 3.82. The van der Waals surface area contributed by atoms with E-state index in [1.54, 1.807) is 11.3 Å². The zero-order chi connectivity index (χ0) is 10.9. The summed E-state index contributed by atoms with van der Waals surface area (Å²) in [4.78, 5) is 1.29. The monoisotopic (exact) mass is 240 g/mol. The zero-order valence-electron chi connectivity index (χ0n) is 8.90. The highest BCUT2D eigenvalue weighted by molar-refractivity contribution is 7.99. The first-order valence-corrected chi connectivity index (χ1v) is 7.13.